The molecule has 0 aromatic heterocycles. The largest absolute Gasteiger partial charge is 0.492 e. The van der Waals surface area contributed by atoms with Crippen molar-refractivity contribution in [2.24, 2.45) is 0 Å². The number of anilines is 1. The SMILES string of the molecule is Cc1cccc(C)c1NCC(=O)N(C)CCOc1ccccc1. The Bertz CT molecular complexity index is 621. The number of likely N-dealkylation sites (N-methyl/N-ethyl adjacent to an activating group) is 1. The average Bonchev–Trinajstić information content (AvgIpc) is 2.55. The number of para-hydroxylation sites is 2. The van der Waals surface area contributed by atoms with Crippen molar-refractivity contribution >= 4 is 11.6 Å². The zero-order chi connectivity index (χ0) is 16.7. The molecule has 122 valence electrons. The summed E-state index contributed by atoms with van der Waals surface area (Å²) in [5.41, 5.74) is 3.33. The van der Waals surface area contributed by atoms with Gasteiger partial charge in [-0.25, -0.2) is 0 Å². The van der Waals surface area contributed by atoms with E-state index in [9.17, 15) is 4.79 Å². The maximum Gasteiger partial charge on any atom is 0.241 e. The minimum atomic E-state index is 0.0457. The number of hydrogen-bond donors (Lipinski definition) is 1. The zero-order valence-electron chi connectivity index (χ0n) is 14.0. The number of nitrogens with zero attached hydrogens (tertiary/aromatic N) is 1. The number of carbonyl (C=O) groups is 1. The van der Waals surface area contributed by atoms with Crippen LogP contribution in [0, 0.1) is 13.8 Å². The van der Waals surface area contributed by atoms with Crippen molar-refractivity contribution < 1.29 is 9.53 Å². The first-order valence-electron chi connectivity index (χ1n) is 7.80. The molecule has 23 heavy (non-hydrogen) atoms. The molecule has 0 saturated carbocycles. The first-order valence-corrected chi connectivity index (χ1v) is 7.80. The molecule has 0 atom stereocenters. The molecule has 0 spiro atoms. The molecule has 2 aromatic rings. The first-order chi connectivity index (χ1) is 11.1. The van der Waals surface area contributed by atoms with Crippen molar-refractivity contribution in [1.29, 1.82) is 0 Å². The van der Waals surface area contributed by atoms with Crippen LogP contribution in [-0.4, -0.2) is 37.6 Å². The smallest absolute Gasteiger partial charge is 0.241 e. The summed E-state index contributed by atoms with van der Waals surface area (Å²) < 4.78 is 5.61. The molecular formula is C19H24N2O2. The molecule has 0 heterocycles. The average molecular weight is 312 g/mol. The van der Waals surface area contributed by atoms with Gasteiger partial charge in [-0.2, -0.15) is 0 Å². The molecule has 1 amide bonds. The Balaban J connectivity index is 1.77. The minimum Gasteiger partial charge on any atom is -0.492 e. The van der Waals surface area contributed by atoms with Crippen molar-refractivity contribution in [3.63, 3.8) is 0 Å². The van der Waals surface area contributed by atoms with Gasteiger partial charge in [-0.05, 0) is 37.1 Å². The summed E-state index contributed by atoms with van der Waals surface area (Å²) in [6.07, 6.45) is 0. The third-order valence-corrected chi connectivity index (χ3v) is 3.76. The van der Waals surface area contributed by atoms with E-state index in [-0.39, 0.29) is 12.5 Å². The lowest BCUT2D eigenvalue weighted by atomic mass is 10.1. The van der Waals surface area contributed by atoms with E-state index >= 15 is 0 Å². The number of carbonyl (C=O) groups excluding carboxylic acids is 1. The second-order valence-electron chi connectivity index (χ2n) is 5.60. The quantitative estimate of drug-likeness (QED) is 0.853. The highest BCUT2D eigenvalue weighted by Crippen LogP contribution is 2.18. The maximum absolute atomic E-state index is 12.2. The Morgan fingerprint density at radius 2 is 1.70 bits per heavy atom. The van der Waals surface area contributed by atoms with E-state index in [4.69, 9.17) is 4.74 Å². The third-order valence-electron chi connectivity index (χ3n) is 3.76. The Hall–Kier alpha value is -2.49. The molecule has 0 saturated heterocycles. The van der Waals surface area contributed by atoms with Crippen LogP contribution >= 0.6 is 0 Å². The first kappa shape index (κ1) is 16.9. The minimum absolute atomic E-state index is 0.0457. The maximum atomic E-state index is 12.2. The number of nitrogens with one attached hydrogen (secondary N) is 1. The van der Waals surface area contributed by atoms with Gasteiger partial charge in [0, 0.05) is 12.7 Å². The predicted octanol–water partition coefficient (Wildman–Crippen LogP) is 3.25. The Labute approximate surface area is 138 Å². The van der Waals surface area contributed by atoms with Crippen molar-refractivity contribution in [3.05, 3.63) is 59.7 Å². The number of aryl methyl sites for hydroxylation is 2. The predicted molar refractivity (Wildman–Crippen MR) is 94.0 cm³/mol. The standard InChI is InChI=1S/C19H24N2O2/c1-15-8-7-9-16(2)19(15)20-14-18(22)21(3)12-13-23-17-10-5-4-6-11-17/h4-11,20H,12-14H2,1-3H3. The van der Waals surface area contributed by atoms with Crippen LogP contribution in [0.15, 0.2) is 48.5 Å². The summed E-state index contributed by atoms with van der Waals surface area (Å²) in [5.74, 6) is 0.867. The Morgan fingerprint density at radius 1 is 1.04 bits per heavy atom. The van der Waals surface area contributed by atoms with Gasteiger partial charge < -0.3 is 15.0 Å². The summed E-state index contributed by atoms with van der Waals surface area (Å²) in [5, 5.41) is 3.24. The van der Waals surface area contributed by atoms with E-state index in [2.05, 4.69) is 5.32 Å². The van der Waals surface area contributed by atoms with Gasteiger partial charge in [0.15, 0.2) is 0 Å². The second-order valence-corrected chi connectivity index (χ2v) is 5.60. The second kappa shape index (κ2) is 8.22. The van der Waals surface area contributed by atoms with Crippen LogP contribution in [-0.2, 0) is 4.79 Å². The fraction of sp³-hybridized carbons (Fsp3) is 0.316. The fourth-order valence-electron chi connectivity index (χ4n) is 2.33. The van der Waals surface area contributed by atoms with Crippen molar-refractivity contribution in [3.8, 4) is 5.75 Å². The molecule has 2 rings (SSSR count). The number of hydrogen-bond acceptors (Lipinski definition) is 3. The summed E-state index contributed by atoms with van der Waals surface area (Å²) in [6, 6.07) is 15.7. The highest BCUT2D eigenvalue weighted by molar-refractivity contribution is 5.81. The van der Waals surface area contributed by atoms with Gasteiger partial charge in [0.05, 0.1) is 13.1 Å². The number of ether oxygens (including phenoxy) is 1. The number of amides is 1. The van der Waals surface area contributed by atoms with Crippen LogP contribution in [0.1, 0.15) is 11.1 Å². The molecule has 4 nitrogen and oxygen atoms in total. The lowest BCUT2D eigenvalue weighted by Crippen LogP contribution is -2.35. The van der Waals surface area contributed by atoms with Gasteiger partial charge in [-0.15, -0.1) is 0 Å². The van der Waals surface area contributed by atoms with Crippen LogP contribution < -0.4 is 10.1 Å². The van der Waals surface area contributed by atoms with E-state index in [1.807, 2.05) is 62.4 Å². The van der Waals surface area contributed by atoms with E-state index in [0.29, 0.717) is 13.2 Å². The van der Waals surface area contributed by atoms with E-state index < -0.39 is 0 Å². The number of benzene rings is 2. The Kier molecular flexibility index (Phi) is 6.03. The molecule has 0 radical (unpaired) electrons. The van der Waals surface area contributed by atoms with Gasteiger partial charge in [0.1, 0.15) is 12.4 Å². The molecule has 0 bridgehead atoms. The third kappa shape index (κ3) is 5.02. The monoisotopic (exact) mass is 312 g/mol. The summed E-state index contributed by atoms with van der Waals surface area (Å²) in [4.78, 5) is 13.9. The fourth-order valence-corrected chi connectivity index (χ4v) is 2.33. The van der Waals surface area contributed by atoms with Crippen LogP contribution in [0.5, 0.6) is 5.75 Å². The van der Waals surface area contributed by atoms with Crippen molar-refractivity contribution in [2.45, 2.75) is 13.8 Å². The van der Waals surface area contributed by atoms with Crippen LogP contribution in [0.3, 0.4) is 0 Å². The van der Waals surface area contributed by atoms with E-state index in [1.54, 1.807) is 11.9 Å². The lowest BCUT2D eigenvalue weighted by Gasteiger charge is -2.19. The van der Waals surface area contributed by atoms with Gasteiger partial charge in [-0.3, -0.25) is 4.79 Å². The topological polar surface area (TPSA) is 41.6 Å². The van der Waals surface area contributed by atoms with Gasteiger partial charge in [-0.1, -0.05) is 36.4 Å². The number of rotatable bonds is 7. The van der Waals surface area contributed by atoms with Crippen LogP contribution in [0.4, 0.5) is 5.69 Å². The molecule has 0 aliphatic heterocycles. The van der Waals surface area contributed by atoms with Gasteiger partial charge in [0.2, 0.25) is 5.91 Å². The molecule has 4 heteroatoms. The van der Waals surface area contributed by atoms with Crippen LogP contribution in [0.25, 0.3) is 0 Å². The molecule has 0 aliphatic carbocycles. The summed E-state index contributed by atoms with van der Waals surface area (Å²) in [7, 11) is 1.79. The molecule has 1 N–H and O–H groups in total. The normalized spacial score (nSPS) is 10.2. The molecule has 0 unspecified atom stereocenters. The highest BCUT2D eigenvalue weighted by atomic mass is 16.5. The van der Waals surface area contributed by atoms with Crippen LogP contribution in [0.2, 0.25) is 0 Å². The molecule has 2 aromatic carbocycles. The van der Waals surface area contributed by atoms with Crippen molar-refractivity contribution in [2.75, 3.05) is 32.1 Å². The van der Waals surface area contributed by atoms with Crippen molar-refractivity contribution in [1.82, 2.24) is 4.90 Å². The van der Waals surface area contributed by atoms with Gasteiger partial charge in [0.25, 0.3) is 0 Å². The zero-order valence-corrected chi connectivity index (χ0v) is 14.0. The molecule has 0 aliphatic rings. The Morgan fingerprint density at radius 3 is 2.35 bits per heavy atom. The van der Waals surface area contributed by atoms with E-state index in [1.165, 1.54) is 0 Å². The van der Waals surface area contributed by atoms with E-state index in [0.717, 1.165) is 22.6 Å². The highest BCUT2D eigenvalue weighted by Gasteiger charge is 2.10. The summed E-state index contributed by atoms with van der Waals surface area (Å²) >= 11 is 0. The summed E-state index contributed by atoms with van der Waals surface area (Å²) in [6.45, 7) is 5.40. The molecule has 0 fully saturated rings. The van der Waals surface area contributed by atoms with Gasteiger partial charge >= 0.3 is 0 Å². The molecular weight excluding hydrogens is 288 g/mol. The lowest BCUT2D eigenvalue weighted by molar-refractivity contribution is -0.128.